The van der Waals surface area contributed by atoms with E-state index in [1.165, 1.54) is 6.08 Å². The first-order chi connectivity index (χ1) is 10.8. The largest absolute Gasteiger partial charge is 0.490 e. The van der Waals surface area contributed by atoms with Gasteiger partial charge in [-0.3, -0.25) is 25.0 Å². The van der Waals surface area contributed by atoms with Crippen molar-refractivity contribution in [1.29, 1.82) is 0 Å². The molecule has 10 heteroatoms. The molecule has 0 atom stereocenters. The summed E-state index contributed by atoms with van der Waals surface area (Å²) in [7, 11) is 1.14. The first-order valence-electron chi connectivity index (χ1n) is 6.12. The zero-order valence-corrected chi connectivity index (χ0v) is 12.0. The molecule has 0 radical (unpaired) electrons. The quantitative estimate of drug-likeness (QED) is 0.229. The van der Waals surface area contributed by atoms with Gasteiger partial charge in [0.25, 0.3) is 5.69 Å². The summed E-state index contributed by atoms with van der Waals surface area (Å²) < 4.78 is 9.31. The van der Waals surface area contributed by atoms with E-state index >= 15 is 0 Å². The smallest absolute Gasteiger partial charge is 0.375 e. The Labute approximate surface area is 129 Å². The lowest BCUT2D eigenvalue weighted by Gasteiger charge is -2.06. The highest BCUT2D eigenvalue weighted by atomic mass is 16.6. The van der Waals surface area contributed by atoms with Crippen LogP contribution in [0.25, 0.3) is 0 Å². The molecule has 0 saturated carbocycles. The van der Waals surface area contributed by atoms with Crippen LogP contribution >= 0.6 is 0 Å². The minimum absolute atomic E-state index is 0.184. The Kier molecular flexibility index (Phi) is 5.89. The maximum Gasteiger partial charge on any atom is 0.375 e. The molecule has 0 spiro atoms. The van der Waals surface area contributed by atoms with E-state index in [0.29, 0.717) is 6.07 Å². The van der Waals surface area contributed by atoms with Crippen LogP contribution in [-0.4, -0.2) is 35.3 Å². The molecular weight excluding hydrogens is 312 g/mol. The summed E-state index contributed by atoms with van der Waals surface area (Å²) in [5, 5.41) is 21.9. The number of methoxy groups -OCH3 is 1. The molecule has 1 rings (SSSR count). The van der Waals surface area contributed by atoms with Crippen LogP contribution in [0.5, 0.6) is 5.75 Å². The summed E-state index contributed by atoms with van der Waals surface area (Å²) in [5.74, 6) is -2.48. The number of nitro benzene ring substituents is 2. The van der Waals surface area contributed by atoms with E-state index in [0.717, 1.165) is 13.2 Å². The summed E-state index contributed by atoms with van der Waals surface area (Å²) in [6.07, 6.45) is 0.600. The lowest BCUT2D eigenvalue weighted by atomic mass is 10.1. The standard InChI is InChI=1S/C13H12N2O8/c1-3-4-23-13(17)11(16)5-8-6-12(22-2)10(15(20)21)7-9(8)14(18)19/h3,6-7H,1,4-5H2,2H3. The van der Waals surface area contributed by atoms with Gasteiger partial charge in [0.2, 0.25) is 5.78 Å². The monoisotopic (exact) mass is 324 g/mol. The third-order valence-electron chi connectivity index (χ3n) is 2.68. The Bertz CT molecular complexity index is 683. The number of rotatable bonds is 8. The Balaban J connectivity index is 3.21. The number of carbonyl (C=O) groups is 2. The number of nitro groups is 2. The number of hydrogen-bond donors (Lipinski definition) is 0. The second kappa shape index (κ2) is 7.64. The molecule has 0 bridgehead atoms. The number of ether oxygens (including phenoxy) is 2. The Morgan fingerprint density at radius 1 is 1.22 bits per heavy atom. The van der Waals surface area contributed by atoms with Gasteiger partial charge in [-0.1, -0.05) is 12.7 Å². The Morgan fingerprint density at radius 3 is 2.30 bits per heavy atom. The minimum atomic E-state index is -1.18. The molecule has 0 saturated heterocycles. The number of Topliss-reactive ketones (excluding diaryl/α,β-unsaturated/α-hetero) is 1. The summed E-state index contributed by atoms with van der Waals surface area (Å²) >= 11 is 0. The summed E-state index contributed by atoms with van der Waals surface area (Å²) in [4.78, 5) is 43.2. The van der Waals surface area contributed by atoms with Crippen molar-refractivity contribution in [2.75, 3.05) is 13.7 Å². The first-order valence-corrected chi connectivity index (χ1v) is 6.12. The van der Waals surface area contributed by atoms with Gasteiger partial charge in [0.1, 0.15) is 6.61 Å². The van der Waals surface area contributed by atoms with Crippen LogP contribution in [-0.2, 0) is 20.7 Å². The van der Waals surface area contributed by atoms with E-state index < -0.39 is 39.4 Å². The Morgan fingerprint density at radius 2 is 1.83 bits per heavy atom. The van der Waals surface area contributed by atoms with E-state index in [-0.39, 0.29) is 17.9 Å². The Hall–Kier alpha value is -3.30. The molecule has 0 aliphatic carbocycles. The van der Waals surface area contributed by atoms with Crippen molar-refractivity contribution in [3.05, 3.63) is 50.6 Å². The van der Waals surface area contributed by atoms with Crippen LogP contribution in [0.4, 0.5) is 11.4 Å². The number of ketones is 1. The number of benzene rings is 1. The highest BCUT2D eigenvalue weighted by Crippen LogP contribution is 2.34. The lowest BCUT2D eigenvalue weighted by molar-refractivity contribution is -0.395. The van der Waals surface area contributed by atoms with Crippen LogP contribution in [0, 0.1) is 20.2 Å². The normalized spacial score (nSPS) is 9.78. The second-order valence-electron chi connectivity index (χ2n) is 4.15. The number of hydrogen-bond acceptors (Lipinski definition) is 8. The molecule has 0 fully saturated rings. The van der Waals surface area contributed by atoms with Crippen LogP contribution < -0.4 is 4.74 Å². The lowest BCUT2D eigenvalue weighted by Crippen LogP contribution is -2.20. The van der Waals surface area contributed by atoms with Crippen molar-refractivity contribution < 1.29 is 28.9 Å². The van der Waals surface area contributed by atoms with Crippen LogP contribution in [0.1, 0.15) is 5.56 Å². The topological polar surface area (TPSA) is 139 Å². The summed E-state index contributed by atoms with van der Waals surface area (Å²) in [6.45, 7) is 3.12. The molecule has 0 amide bonds. The van der Waals surface area contributed by atoms with Gasteiger partial charge < -0.3 is 9.47 Å². The molecule has 10 nitrogen and oxygen atoms in total. The zero-order valence-electron chi connectivity index (χ0n) is 12.0. The molecule has 0 aromatic heterocycles. The van der Waals surface area contributed by atoms with Crippen LogP contribution in [0.15, 0.2) is 24.8 Å². The van der Waals surface area contributed by atoms with Gasteiger partial charge in [0.05, 0.1) is 23.0 Å². The SMILES string of the molecule is C=CCOC(=O)C(=O)Cc1cc(OC)c([N+](=O)[O-])cc1[N+](=O)[O-]. The number of esters is 1. The van der Waals surface area contributed by atoms with Crippen LogP contribution in [0.2, 0.25) is 0 Å². The number of carbonyl (C=O) groups excluding carboxylic acids is 2. The predicted molar refractivity (Wildman–Crippen MR) is 76.2 cm³/mol. The molecule has 1 aromatic carbocycles. The molecule has 1 aromatic rings. The highest BCUT2D eigenvalue weighted by molar-refractivity contribution is 6.34. The van der Waals surface area contributed by atoms with E-state index in [1.807, 2.05) is 0 Å². The van der Waals surface area contributed by atoms with Gasteiger partial charge in [-0.25, -0.2) is 4.79 Å². The van der Waals surface area contributed by atoms with E-state index in [1.54, 1.807) is 0 Å². The van der Waals surface area contributed by atoms with Crippen molar-refractivity contribution in [3.8, 4) is 5.75 Å². The van der Waals surface area contributed by atoms with E-state index in [4.69, 9.17) is 4.74 Å². The molecule has 23 heavy (non-hydrogen) atoms. The predicted octanol–water partition coefficient (Wildman–Crippen LogP) is 1.35. The van der Waals surface area contributed by atoms with Crippen molar-refractivity contribution in [2.24, 2.45) is 0 Å². The van der Waals surface area contributed by atoms with E-state index in [9.17, 15) is 29.8 Å². The number of nitrogens with zero attached hydrogens (tertiary/aromatic N) is 2. The van der Waals surface area contributed by atoms with Gasteiger partial charge in [-0.2, -0.15) is 0 Å². The van der Waals surface area contributed by atoms with Crippen molar-refractivity contribution in [3.63, 3.8) is 0 Å². The zero-order chi connectivity index (χ0) is 17.6. The fraction of sp³-hybridized carbons (Fsp3) is 0.231. The molecular formula is C13H12N2O8. The average Bonchev–Trinajstić information content (AvgIpc) is 2.51. The van der Waals surface area contributed by atoms with Gasteiger partial charge >= 0.3 is 11.7 Å². The van der Waals surface area contributed by atoms with Gasteiger partial charge in [0, 0.05) is 12.0 Å². The first kappa shape index (κ1) is 17.8. The van der Waals surface area contributed by atoms with Gasteiger partial charge in [-0.15, -0.1) is 0 Å². The molecule has 0 aliphatic heterocycles. The molecule has 0 heterocycles. The third-order valence-corrected chi connectivity index (χ3v) is 2.68. The van der Waals surface area contributed by atoms with Gasteiger partial charge in [-0.05, 0) is 6.07 Å². The van der Waals surface area contributed by atoms with Crippen LogP contribution in [0.3, 0.4) is 0 Å². The van der Waals surface area contributed by atoms with Gasteiger partial charge in [0.15, 0.2) is 5.75 Å². The van der Waals surface area contributed by atoms with Crippen molar-refractivity contribution >= 4 is 23.1 Å². The fourth-order valence-corrected chi connectivity index (χ4v) is 1.68. The average molecular weight is 324 g/mol. The second-order valence-corrected chi connectivity index (χ2v) is 4.15. The summed E-state index contributed by atoms with van der Waals surface area (Å²) in [5.41, 5.74) is -1.48. The molecule has 122 valence electrons. The minimum Gasteiger partial charge on any atom is -0.490 e. The fourth-order valence-electron chi connectivity index (χ4n) is 1.68. The molecule has 0 aliphatic rings. The highest BCUT2D eigenvalue weighted by Gasteiger charge is 2.28. The maximum absolute atomic E-state index is 11.7. The third kappa shape index (κ3) is 4.33. The molecule has 0 N–H and O–H groups in total. The maximum atomic E-state index is 11.7. The van der Waals surface area contributed by atoms with Crippen molar-refractivity contribution in [1.82, 2.24) is 0 Å². The van der Waals surface area contributed by atoms with Crippen molar-refractivity contribution in [2.45, 2.75) is 6.42 Å². The van der Waals surface area contributed by atoms with E-state index in [2.05, 4.69) is 11.3 Å². The molecule has 0 unspecified atom stereocenters. The summed E-state index contributed by atoms with van der Waals surface area (Å²) in [6, 6.07) is 1.66.